The van der Waals surface area contributed by atoms with E-state index in [1.165, 1.54) is 0 Å². The molecule has 0 fully saturated rings. The summed E-state index contributed by atoms with van der Waals surface area (Å²) in [4.78, 5) is 46.9. The van der Waals surface area contributed by atoms with Crippen molar-refractivity contribution in [2.24, 2.45) is 0 Å². The van der Waals surface area contributed by atoms with Crippen LogP contribution in [0.5, 0.6) is 0 Å². The summed E-state index contributed by atoms with van der Waals surface area (Å²) in [6.07, 6.45) is -51.9. The molecule has 3 aromatic heterocycles. The van der Waals surface area contributed by atoms with Crippen molar-refractivity contribution in [3.05, 3.63) is 85.6 Å². The van der Waals surface area contributed by atoms with Gasteiger partial charge in [-0.3, -0.25) is 14.4 Å². The van der Waals surface area contributed by atoms with Crippen LogP contribution in [0.25, 0.3) is 16.7 Å². The Morgan fingerprint density at radius 1 is 0.276 bits per heavy atom. The number of rotatable bonds is 6. The van der Waals surface area contributed by atoms with E-state index in [0.717, 1.165) is 0 Å². The van der Waals surface area contributed by atoms with Gasteiger partial charge >= 0.3 is 55.6 Å². The van der Waals surface area contributed by atoms with Gasteiger partial charge in [0.25, 0.3) is 0 Å². The van der Waals surface area contributed by atoms with Gasteiger partial charge < -0.3 is 15.3 Å². The Hall–Kier alpha value is -6.50. The van der Waals surface area contributed by atoms with E-state index in [2.05, 4.69) is 29.9 Å². The smallest absolute Gasteiger partial charge is 0.451 e. The molecule has 0 unspecified atom stereocenters. The number of hydrogen-bond acceptors (Lipinski definition) is 12. The number of nitrogens with zero attached hydrogens (tertiary/aromatic N) is 6. The Morgan fingerprint density at radius 3 is 0.461 bits per heavy atom. The van der Waals surface area contributed by atoms with Crippen molar-refractivity contribution in [2.45, 2.75) is 97.1 Å². The van der Waals surface area contributed by atoms with Crippen LogP contribution in [-0.2, 0) is 87.0 Å². The van der Waals surface area contributed by atoms with Crippen LogP contribution in [0.3, 0.4) is 0 Å². The van der Waals surface area contributed by atoms with Crippen molar-refractivity contribution in [1.29, 1.82) is 0 Å². The van der Waals surface area contributed by atoms with E-state index in [1.807, 2.05) is 0 Å². The molecular formula is C36H21F27FeN6O6. The van der Waals surface area contributed by atoms with Crippen LogP contribution >= 0.6 is 0 Å². The number of ketones is 3. The van der Waals surface area contributed by atoms with E-state index in [0.29, 0.717) is 41.5 Å². The molecule has 0 radical (unpaired) electrons. The average Bonchev–Trinajstić information content (AvgIpc) is 3.13. The Balaban J connectivity index is 0.00000110. The van der Waals surface area contributed by atoms with Crippen LogP contribution in [0, 0.1) is 0 Å². The molecule has 0 aromatic carbocycles. The van der Waals surface area contributed by atoms with Crippen LogP contribution in [0.15, 0.2) is 17.3 Å². The molecule has 12 nitrogen and oxygen atoms in total. The minimum Gasteiger partial charge on any atom is -0.512 e. The van der Waals surface area contributed by atoms with E-state index in [9.17, 15) is 148 Å². The molecule has 0 spiro atoms. The van der Waals surface area contributed by atoms with Crippen LogP contribution in [-0.4, -0.2) is 62.6 Å². The predicted octanol–water partition coefficient (Wildman–Crippen LogP) is 13.2. The van der Waals surface area contributed by atoms with Crippen LogP contribution < -0.4 is 0 Å². The molecule has 0 aliphatic carbocycles. The SMILES string of the molecule is CC(=O)/C(=C(/C)O)c1c(C(F)(F)F)nc(C(F)(F)F)nc1C(F)(F)F.CC(=O)/C(=C(/C)O)c1c(C(F)(F)F)nc(C(F)(F)F)nc1C(F)(F)F.CC(=O)/C(=C(/C)O)c1c(C(F)(F)F)nc(C(F)(F)F)nc1C(F)(F)F.[Fe]. The fourth-order valence-electron chi connectivity index (χ4n) is 5.54. The zero-order chi connectivity index (χ0) is 59.9. The maximum Gasteiger partial charge on any atom is 0.451 e. The fraction of sp³-hybridized carbons (Fsp3) is 0.417. The first-order valence-electron chi connectivity index (χ1n) is 18.1. The molecule has 3 N–H and O–H groups in total. The molecule has 428 valence electrons. The first kappa shape index (κ1) is 69.5. The van der Waals surface area contributed by atoms with Gasteiger partial charge in [-0.25, -0.2) is 29.9 Å². The Labute approximate surface area is 411 Å². The third-order valence-electron chi connectivity index (χ3n) is 7.99. The largest absolute Gasteiger partial charge is 0.512 e. The van der Waals surface area contributed by atoms with E-state index >= 15 is 0 Å². The number of carbonyl (C=O) groups is 3. The second kappa shape index (κ2) is 23.0. The molecule has 3 aromatic rings. The number of hydrogen-bond donors (Lipinski definition) is 3. The number of alkyl halides is 27. The summed E-state index contributed by atoms with van der Waals surface area (Å²) >= 11 is 0. The molecule has 0 aliphatic rings. The molecule has 0 saturated carbocycles. The van der Waals surface area contributed by atoms with Crippen molar-refractivity contribution in [1.82, 2.24) is 29.9 Å². The number of carbonyl (C=O) groups excluding carboxylic acids is 3. The van der Waals surface area contributed by atoms with Gasteiger partial charge in [0.05, 0.1) is 33.4 Å². The first-order valence-corrected chi connectivity index (χ1v) is 18.1. The monoisotopic (exact) mass is 1200 g/mol. The normalized spacial score (nSPS) is 14.2. The molecule has 0 aliphatic heterocycles. The summed E-state index contributed by atoms with van der Waals surface area (Å²) in [6, 6.07) is 0. The van der Waals surface area contributed by atoms with E-state index in [4.69, 9.17) is 0 Å². The fourth-order valence-corrected chi connectivity index (χ4v) is 5.54. The zero-order valence-electron chi connectivity index (χ0n) is 36.8. The molecular weight excluding hydrogens is 1180 g/mol. The number of aliphatic hydroxyl groups excluding tert-OH is 3. The summed E-state index contributed by atoms with van der Waals surface area (Å²) in [7, 11) is 0. The van der Waals surface area contributed by atoms with Gasteiger partial charge in [-0.1, -0.05) is 0 Å². The Bertz CT molecular complexity index is 2380. The maximum atomic E-state index is 13.0. The van der Waals surface area contributed by atoms with Crippen LogP contribution in [0.2, 0.25) is 0 Å². The number of halogens is 27. The van der Waals surface area contributed by atoms with Gasteiger partial charge in [-0.2, -0.15) is 119 Å². The van der Waals surface area contributed by atoms with Crippen molar-refractivity contribution in [2.75, 3.05) is 0 Å². The van der Waals surface area contributed by atoms with Gasteiger partial charge in [0, 0.05) is 17.1 Å². The van der Waals surface area contributed by atoms with Crippen molar-refractivity contribution in [3.63, 3.8) is 0 Å². The topological polar surface area (TPSA) is 189 Å². The minimum absolute atomic E-state index is 0. The van der Waals surface area contributed by atoms with Crippen LogP contribution in [0.4, 0.5) is 119 Å². The number of aromatic nitrogens is 6. The molecule has 0 amide bonds. The van der Waals surface area contributed by atoms with Gasteiger partial charge in [0.2, 0.25) is 17.5 Å². The quantitative estimate of drug-likeness (QED) is 0.0918. The molecule has 0 saturated heterocycles. The number of Topliss-reactive ketones (excluding diaryl/α,β-unsaturated/α-hetero) is 3. The zero-order valence-corrected chi connectivity index (χ0v) is 37.9. The summed E-state index contributed by atoms with van der Waals surface area (Å²) in [5.41, 5.74) is -26.5. The summed E-state index contributed by atoms with van der Waals surface area (Å²) in [5, 5.41) is 27.9. The maximum absolute atomic E-state index is 13.0. The molecule has 0 atom stereocenters. The van der Waals surface area contributed by atoms with E-state index < -0.39 is 175 Å². The third-order valence-corrected chi connectivity index (χ3v) is 7.99. The standard InChI is InChI=1S/3C12H7F9N2O2.Fe/c3*1-3(24)5(4(2)25)6-7(10(13,14)15)22-9(12(19,20)21)23-8(6)11(16,17)18;/h3*24H,1-2H3;/b3*5-3+;. The van der Waals surface area contributed by atoms with E-state index in [-0.39, 0.29) is 17.1 Å². The molecule has 3 rings (SSSR count). The molecule has 76 heavy (non-hydrogen) atoms. The molecule has 3 heterocycles. The average molecular weight is 1200 g/mol. The number of aliphatic hydroxyl groups is 3. The summed E-state index contributed by atoms with van der Waals surface area (Å²) in [5.74, 6) is -16.2. The Kier molecular flexibility index (Phi) is 21.0. The Morgan fingerprint density at radius 2 is 0.395 bits per heavy atom. The summed E-state index contributed by atoms with van der Waals surface area (Å²) < 4.78 is 348. The second-order valence-electron chi connectivity index (χ2n) is 13.9. The van der Waals surface area contributed by atoms with Gasteiger partial charge in [0.1, 0.15) is 17.3 Å². The molecule has 40 heteroatoms. The van der Waals surface area contributed by atoms with Crippen LogP contribution in [0.1, 0.15) is 110 Å². The van der Waals surface area contributed by atoms with Crippen molar-refractivity contribution in [3.8, 4) is 0 Å². The summed E-state index contributed by atoms with van der Waals surface area (Å²) in [6.45, 7) is 3.34. The number of allylic oxidation sites excluding steroid dienone is 6. The van der Waals surface area contributed by atoms with Crippen molar-refractivity contribution >= 4 is 34.1 Å². The third kappa shape index (κ3) is 17.3. The van der Waals surface area contributed by atoms with E-state index in [1.54, 1.807) is 0 Å². The first-order chi connectivity index (χ1) is 32.9. The predicted molar refractivity (Wildman–Crippen MR) is 189 cm³/mol. The second-order valence-corrected chi connectivity index (χ2v) is 13.9. The van der Waals surface area contributed by atoms with Gasteiger partial charge in [-0.15, -0.1) is 0 Å². The van der Waals surface area contributed by atoms with Crippen molar-refractivity contribution < 1.29 is 165 Å². The van der Waals surface area contributed by atoms with Gasteiger partial charge in [0.15, 0.2) is 51.5 Å². The van der Waals surface area contributed by atoms with Gasteiger partial charge in [-0.05, 0) is 41.5 Å². The minimum atomic E-state index is -5.80. The molecule has 0 bridgehead atoms.